The largest absolute Gasteiger partial charge is 0.480 e. The van der Waals surface area contributed by atoms with Crippen molar-refractivity contribution in [1.29, 1.82) is 0 Å². The molecular formula is C20H35KNO3. The molecular weight excluding hydrogens is 341 g/mol. The molecule has 2 N–H and O–H groups in total. The fourth-order valence-electron chi connectivity index (χ4n) is 2.36. The van der Waals surface area contributed by atoms with Crippen LogP contribution in [0.3, 0.4) is 0 Å². The van der Waals surface area contributed by atoms with Gasteiger partial charge in [-0.15, -0.1) is 0 Å². The molecule has 25 heavy (non-hydrogen) atoms. The van der Waals surface area contributed by atoms with Crippen LogP contribution in [0.5, 0.6) is 0 Å². The fraction of sp³-hybridized carbons (Fsp3) is 0.700. The second-order valence-electron chi connectivity index (χ2n) is 6.15. The summed E-state index contributed by atoms with van der Waals surface area (Å²) < 4.78 is 0. The number of nitrogens with one attached hydrogen (secondary N) is 1. The molecule has 0 unspecified atom stereocenters. The van der Waals surface area contributed by atoms with E-state index in [1.54, 1.807) is 0 Å². The van der Waals surface area contributed by atoms with Crippen LogP contribution in [0, 0.1) is 0 Å². The van der Waals surface area contributed by atoms with Crippen LogP contribution in [0.1, 0.15) is 84.0 Å². The number of carbonyl (C=O) groups excluding carboxylic acids is 1. The van der Waals surface area contributed by atoms with Crippen LogP contribution in [-0.2, 0) is 9.59 Å². The maximum Gasteiger partial charge on any atom is 0.322 e. The Labute approximate surface area is 196 Å². The summed E-state index contributed by atoms with van der Waals surface area (Å²) in [5.41, 5.74) is 0. The first-order valence-corrected chi connectivity index (χ1v) is 9.45. The van der Waals surface area contributed by atoms with Gasteiger partial charge in [0.15, 0.2) is 0 Å². The molecule has 1 amide bonds. The molecule has 0 fully saturated rings. The first-order chi connectivity index (χ1) is 11.7. The van der Waals surface area contributed by atoms with Gasteiger partial charge in [-0.25, -0.2) is 0 Å². The van der Waals surface area contributed by atoms with E-state index in [0.29, 0.717) is 6.42 Å². The number of carboxylic acids is 1. The number of allylic oxidation sites excluding steroid dienone is 4. The summed E-state index contributed by atoms with van der Waals surface area (Å²) in [4.78, 5) is 21.6. The van der Waals surface area contributed by atoms with Crippen LogP contribution < -0.4 is 5.32 Å². The number of carboxylic acid groups (broad SMARTS) is 1. The van der Waals surface area contributed by atoms with Gasteiger partial charge in [-0.05, 0) is 38.5 Å². The molecule has 4 nitrogen and oxygen atoms in total. The van der Waals surface area contributed by atoms with Gasteiger partial charge in [0.05, 0.1) is 0 Å². The molecule has 0 rings (SSSR count). The van der Waals surface area contributed by atoms with Crippen molar-refractivity contribution >= 4 is 63.3 Å². The summed E-state index contributed by atoms with van der Waals surface area (Å²) in [5, 5.41) is 10.8. The SMILES string of the molecule is CCCCC/C=C\C/C=C\CCCCCCCC(=O)NCC(=O)O.[K]. The second kappa shape index (κ2) is 22.1. The Kier molecular flexibility index (Phi) is 24.1. The molecule has 0 bridgehead atoms. The monoisotopic (exact) mass is 376 g/mol. The van der Waals surface area contributed by atoms with Crippen molar-refractivity contribution in [1.82, 2.24) is 5.32 Å². The van der Waals surface area contributed by atoms with E-state index in [0.717, 1.165) is 32.1 Å². The zero-order chi connectivity index (χ0) is 17.9. The minimum Gasteiger partial charge on any atom is -0.480 e. The van der Waals surface area contributed by atoms with Crippen molar-refractivity contribution in [2.24, 2.45) is 0 Å². The molecule has 0 aliphatic carbocycles. The van der Waals surface area contributed by atoms with E-state index in [4.69, 9.17) is 5.11 Å². The molecule has 0 aromatic rings. The Bertz CT molecular complexity index is 381. The molecule has 139 valence electrons. The van der Waals surface area contributed by atoms with Crippen molar-refractivity contribution in [3.05, 3.63) is 24.3 Å². The molecule has 0 aromatic carbocycles. The average molecular weight is 377 g/mol. The molecule has 1 radical (unpaired) electrons. The average Bonchev–Trinajstić information content (AvgIpc) is 2.56. The Hall–Kier alpha value is 0.0564. The molecule has 0 saturated carbocycles. The first kappa shape index (κ1) is 27.3. The Morgan fingerprint density at radius 1 is 0.840 bits per heavy atom. The van der Waals surface area contributed by atoms with Crippen molar-refractivity contribution in [3.63, 3.8) is 0 Å². The van der Waals surface area contributed by atoms with Crippen LogP contribution in [-0.4, -0.2) is 74.9 Å². The molecule has 0 atom stereocenters. The van der Waals surface area contributed by atoms with E-state index in [1.807, 2.05) is 0 Å². The molecule has 0 heterocycles. The van der Waals surface area contributed by atoms with Gasteiger partial charge in [0, 0.05) is 57.8 Å². The summed E-state index contributed by atoms with van der Waals surface area (Å²) in [6.07, 6.45) is 22.1. The fourth-order valence-corrected chi connectivity index (χ4v) is 2.36. The Morgan fingerprint density at radius 3 is 2.00 bits per heavy atom. The predicted octanol–water partition coefficient (Wildman–Crippen LogP) is 4.62. The maximum absolute atomic E-state index is 11.3. The van der Waals surface area contributed by atoms with E-state index in [9.17, 15) is 9.59 Å². The second-order valence-corrected chi connectivity index (χ2v) is 6.15. The summed E-state index contributed by atoms with van der Waals surface area (Å²) >= 11 is 0. The number of hydrogen-bond acceptors (Lipinski definition) is 2. The number of unbranched alkanes of at least 4 members (excludes halogenated alkanes) is 8. The molecule has 0 aliphatic rings. The zero-order valence-electron chi connectivity index (χ0n) is 16.3. The maximum atomic E-state index is 11.3. The number of hydrogen-bond donors (Lipinski definition) is 2. The van der Waals surface area contributed by atoms with Crippen molar-refractivity contribution in [3.8, 4) is 0 Å². The summed E-state index contributed by atoms with van der Waals surface area (Å²) in [6, 6.07) is 0. The standard InChI is InChI=1S/C20H35NO3.K/c1-2-3-4-5-6-7-8-9-10-11-12-13-14-15-16-17-19(22)21-18-20(23)24;/h6-7,9-10H,2-5,8,11-18H2,1H3,(H,21,22)(H,23,24);/b7-6-,10-9-;. The predicted molar refractivity (Wildman–Crippen MR) is 106 cm³/mol. The Balaban J connectivity index is 0. The van der Waals surface area contributed by atoms with Crippen molar-refractivity contribution in [2.45, 2.75) is 84.0 Å². The topological polar surface area (TPSA) is 66.4 Å². The minimum absolute atomic E-state index is 0. The van der Waals surface area contributed by atoms with Gasteiger partial charge in [-0.2, -0.15) is 0 Å². The number of rotatable bonds is 16. The van der Waals surface area contributed by atoms with Crippen molar-refractivity contribution < 1.29 is 14.7 Å². The summed E-state index contributed by atoms with van der Waals surface area (Å²) in [6.45, 7) is 1.95. The summed E-state index contributed by atoms with van der Waals surface area (Å²) in [5.74, 6) is -1.16. The van der Waals surface area contributed by atoms with Gasteiger partial charge in [-0.3, -0.25) is 9.59 Å². The normalized spacial score (nSPS) is 10.9. The van der Waals surface area contributed by atoms with Gasteiger partial charge in [0.1, 0.15) is 6.54 Å². The number of carbonyl (C=O) groups is 2. The molecule has 0 aliphatic heterocycles. The van der Waals surface area contributed by atoms with Crippen molar-refractivity contribution in [2.75, 3.05) is 6.54 Å². The zero-order valence-corrected chi connectivity index (χ0v) is 19.4. The molecule has 5 heteroatoms. The smallest absolute Gasteiger partial charge is 0.322 e. The van der Waals surface area contributed by atoms with Gasteiger partial charge < -0.3 is 10.4 Å². The van der Waals surface area contributed by atoms with E-state index in [2.05, 4.69) is 36.5 Å². The van der Waals surface area contributed by atoms with Crippen LogP contribution in [0.15, 0.2) is 24.3 Å². The third-order valence-electron chi connectivity index (χ3n) is 3.79. The first-order valence-electron chi connectivity index (χ1n) is 9.45. The number of aliphatic carboxylic acids is 1. The quantitative estimate of drug-likeness (QED) is 0.235. The minimum atomic E-state index is -0.997. The number of amides is 1. The summed E-state index contributed by atoms with van der Waals surface area (Å²) in [7, 11) is 0. The van der Waals surface area contributed by atoms with Crippen LogP contribution in [0.25, 0.3) is 0 Å². The van der Waals surface area contributed by atoms with Crippen LogP contribution in [0.4, 0.5) is 0 Å². The van der Waals surface area contributed by atoms with Crippen LogP contribution in [0.2, 0.25) is 0 Å². The van der Waals surface area contributed by atoms with E-state index in [-0.39, 0.29) is 63.8 Å². The molecule has 0 saturated heterocycles. The van der Waals surface area contributed by atoms with Gasteiger partial charge in [-0.1, -0.05) is 63.3 Å². The third kappa shape index (κ3) is 24.1. The van der Waals surface area contributed by atoms with E-state index >= 15 is 0 Å². The van der Waals surface area contributed by atoms with E-state index < -0.39 is 5.97 Å². The van der Waals surface area contributed by atoms with Gasteiger partial charge >= 0.3 is 5.97 Å². The van der Waals surface area contributed by atoms with Gasteiger partial charge in [0.2, 0.25) is 5.91 Å². The third-order valence-corrected chi connectivity index (χ3v) is 3.79. The molecule has 0 spiro atoms. The Morgan fingerprint density at radius 2 is 1.40 bits per heavy atom. The van der Waals surface area contributed by atoms with E-state index in [1.165, 1.54) is 38.5 Å². The van der Waals surface area contributed by atoms with Gasteiger partial charge in [0.25, 0.3) is 0 Å². The van der Waals surface area contributed by atoms with Crippen LogP contribution >= 0.6 is 0 Å². The molecule has 0 aromatic heterocycles.